The molecule has 2 aromatic carbocycles. The molecule has 0 heterocycles. The quantitative estimate of drug-likeness (QED) is 0.0716. The minimum atomic E-state index is -0.431. The summed E-state index contributed by atoms with van der Waals surface area (Å²) in [6.07, 6.45) is 39.4. The van der Waals surface area contributed by atoms with Gasteiger partial charge in [-0.25, -0.2) is 0 Å². The fourth-order valence-corrected chi connectivity index (χ4v) is 11.3. The molecule has 0 bridgehead atoms. The summed E-state index contributed by atoms with van der Waals surface area (Å²) in [4.78, 5) is 0. The smallest absolute Gasteiger partial charge is 0.0551 e. The van der Waals surface area contributed by atoms with Crippen LogP contribution in [0.25, 0.3) is 17.2 Å². The molecule has 1 radical (unpaired) electrons. The number of nitrogens with two attached hydrogens (primary N) is 1. The maximum atomic E-state index is 5.35. The van der Waals surface area contributed by atoms with Crippen LogP contribution in [0, 0.1) is 0 Å². The van der Waals surface area contributed by atoms with Crippen LogP contribution in [-0.2, 0) is 5.41 Å². The van der Waals surface area contributed by atoms with Crippen LogP contribution in [0.1, 0.15) is 236 Å². The Morgan fingerprint density at radius 1 is 0.566 bits per heavy atom. The van der Waals surface area contributed by atoms with Crippen molar-refractivity contribution in [2.24, 2.45) is 5.73 Å². The number of allylic oxidation sites excluding steroid dienone is 1. The van der Waals surface area contributed by atoms with Crippen LogP contribution in [0.3, 0.4) is 0 Å². The highest BCUT2D eigenvalue weighted by Gasteiger charge is 2.43. The molecule has 299 valence electrons. The maximum Gasteiger partial charge on any atom is 0.0551 e. The Balaban J connectivity index is 0.00000141. The van der Waals surface area contributed by atoms with Gasteiger partial charge in [-0.05, 0) is 91.6 Å². The minimum absolute atomic E-state index is 0. The molecule has 0 fully saturated rings. The number of fused-ring (bicyclic) bond motifs is 4. The van der Waals surface area contributed by atoms with Gasteiger partial charge < -0.3 is 5.73 Å². The zero-order valence-electron chi connectivity index (χ0n) is 36.6. The topological polar surface area (TPSA) is 26.0 Å². The number of benzene rings is 2. The zero-order chi connectivity index (χ0) is 38.5. The number of rotatable bonds is 27. The number of unbranched alkanes of at least 4 members (excludes halogenated alkanes) is 22. The summed E-state index contributed by atoms with van der Waals surface area (Å²) < 4.78 is 0. The average Bonchev–Trinajstić information content (AvgIpc) is 3.58. The van der Waals surface area contributed by atoms with Crippen molar-refractivity contribution in [3.05, 3.63) is 64.2 Å². The third kappa shape index (κ3) is 15.4. The molecule has 1 atom stereocenters. The molecule has 0 saturated carbocycles. The molecule has 1 nitrogen and oxygen atoms in total. The molecular weight excluding hydrogens is 655 g/mol. The molecule has 2 N–H and O–H groups in total. The molecular formula is C51H86NSi. The predicted molar refractivity (Wildman–Crippen MR) is 242 cm³/mol. The first-order chi connectivity index (χ1) is 25.5. The van der Waals surface area contributed by atoms with E-state index in [-0.39, 0.29) is 11.0 Å². The molecule has 2 heteroatoms. The molecule has 2 aliphatic carbocycles. The molecule has 0 amide bonds. The molecule has 1 unspecified atom stereocenters. The normalized spacial score (nSPS) is 15.6. The Morgan fingerprint density at radius 2 is 0.962 bits per heavy atom. The number of hydrogen-bond donors (Lipinski definition) is 1. The first-order valence-electron chi connectivity index (χ1n) is 23.1. The lowest BCUT2D eigenvalue weighted by molar-refractivity contribution is 0.396. The maximum absolute atomic E-state index is 5.35. The molecule has 2 aromatic rings. The van der Waals surface area contributed by atoms with Gasteiger partial charge in [-0.15, -0.1) is 0 Å². The Hall–Kier alpha value is -1.64. The zero-order valence-corrected chi connectivity index (χ0v) is 37.6. The Bertz CT molecular complexity index is 1280. The first-order valence-corrected chi connectivity index (χ1v) is 25.7. The van der Waals surface area contributed by atoms with Gasteiger partial charge in [0.25, 0.3) is 0 Å². The summed E-state index contributed by atoms with van der Waals surface area (Å²) in [6, 6.07) is 15.0. The van der Waals surface area contributed by atoms with E-state index < -0.39 is 8.80 Å². The first kappa shape index (κ1) is 45.7. The van der Waals surface area contributed by atoms with Gasteiger partial charge in [-0.1, -0.05) is 217 Å². The van der Waals surface area contributed by atoms with Gasteiger partial charge in [0.1, 0.15) is 0 Å². The van der Waals surface area contributed by atoms with Gasteiger partial charge in [0.2, 0.25) is 0 Å². The Kier molecular flexibility index (Phi) is 21.4. The molecule has 0 aliphatic heterocycles. The fourth-order valence-electron chi connectivity index (χ4n) is 9.45. The fraction of sp³-hybridized carbons (Fsp3) is 0.725. The van der Waals surface area contributed by atoms with Crippen LogP contribution in [0.2, 0.25) is 13.1 Å². The van der Waals surface area contributed by atoms with Crippen molar-refractivity contribution in [1.29, 1.82) is 0 Å². The van der Waals surface area contributed by atoms with Gasteiger partial charge in [0.15, 0.2) is 0 Å². The van der Waals surface area contributed by atoms with Crippen molar-refractivity contribution in [2.45, 2.75) is 238 Å². The second-order valence-corrected chi connectivity index (χ2v) is 21.4. The molecule has 0 saturated heterocycles. The molecule has 0 aromatic heterocycles. The molecule has 4 rings (SSSR count). The van der Waals surface area contributed by atoms with Gasteiger partial charge in [0.05, 0.1) is 8.80 Å². The van der Waals surface area contributed by atoms with Crippen LogP contribution in [-0.4, -0.2) is 14.3 Å². The van der Waals surface area contributed by atoms with Crippen LogP contribution in [0.5, 0.6) is 0 Å². The predicted octanol–water partition coefficient (Wildman–Crippen LogP) is 16.7. The van der Waals surface area contributed by atoms with Crippen LogP contribution in [0.15, 0.2) is 42.0 Å². The highest BCUT2D eigenvalue weighted by Crippen LogP contribution is 2.56. The second-order valence-electron chi connectivity index (χ2n) is 18.7. The molecule has 2 aliphatic rings. The van der Waals surface area contributed by atoms with Crippen LogP contribution in [0.4, 0.5) is 0 Å². The third-order valence-electron chi connectivity index (χ3n) is 12.1. The van der Waals surface area contributed by atoms with Crippen molar-refractivity contribution < 1.29 is 0 Å². The van der Waals surface area contributed by atoms with E-state index in [4.69, 9.17) is 5.73 Å². The largest absolute Gasteiger partial charge is 0.326 e. The van der Waals surface area contributed by atoms with Gasteiger partial charge >= 0.3 is 0 Å². The summed E-state index contributed by atoms with van der Waals surface area (Å²) >= 11 is 0. The minimum Gasteiger partial charge on any atom is -0.326 e. The van der Waals surface area contributed by atoms with E-state index in [9.17, 15) is 0 Å². The molecule has 53 heavy (non-hydrogen) atoms. The lowest BCUT2D eigenvalue weighted by atomic mass is 9.70. The lowest BCUT2D eigenvalue weighted by Gasteiger charge is -2.33. The summed E-state index contributed by atoms with van der Waals surface area (Å²) in [5.41, 5.74) is 17.5. The van der Waals surface area contributed by atoms with E-state index in [0.717, 1.165) is 0 Å². The SMILES string of the molecule is CC(C)(C)N.CCCCCCCCCCCCCCC1(CCCCCCCCCCCCCC)c2ccccc2-c2cc3c(cc21)C=C(C)C3[Si](C)C. The van der Waals surface area contributed by atoms with Crippen molar-refractivity contribution in [2.75, 3.05) is 0 Å². The van der Waals surface area contributed by atoms with E-state index in [2.05, 4.69) is 76.3 Å². The van der Waals surface area contributed by atoms with Gasteiger partial charge in [-0.3, -0.25) is 0 Å². The number of hydrogen-bond acceptors (Lipinski definition) is 1. The van der Waals surface area contributed by atoms with E-state index >= 15 is 0 Å². The van der Waals surface area contributed by atoms with Crippen LogP contribution < -0.4 is 5.73 Å². The van der Waals surface area contributed by atoms with Crippen molar-refractivity contribution in [1.82, 2.24) is 0 Å². The van der Waals surface area contributed by atoms with Crippen molar-refractivity contribution >= 4 is 14.9 Å². The van der Waals surface area contributed by atoms with E-state index in [1.165, 1.54) is 167 Å². The highest BCUT2D eigenvalue weighted by molar-refractivity contribution is 6.58. The summed E-state index contributed by atoms with van der Waals surface area (Å²) in [5, 5.41) is 0. The van der Waals surface area contributed by atoms with Crippen LogP contribution >= 0.6 is 0 Å². The monoisotopic (exact) mass is 741 g/mol. The standard InChI is InChI=1S/C47H75Si.C4H11N/c1-6-8-10-12-14-16-18-20-22-24-26-30-34-47(35-31-27-25-23-21-19-17-15-13-11-9-7-2)44-33-29-28-32-41(44)43-38-42-40(37-45(43)47)36-39(3)46(42)48(4)5;1-4(2,3)5/h28-29,32-33,36-38,46H,6-27,30-31,34-35H2,1-5H3;5H2,1-3H3. The lowest BCUT2D eigenvalue weighted by Crippen LogP contribution is -2.26. The van der Waals surface area contributed by atoms with Gasteiger partial charge in [-0.2, -0.15) is 0 Å². The second kappa shape index (κ2) is 24.8. The van der Waals surface area contributed by atoms with Crippen molar-refractivity contribution in [3.63, 3.8) is 0 Å². The Labute approximate surface area is 332 Å². The Morgan fingerprint density at radius 3 is 1.38 bits per heavy atom. The van der Waals surface area contributed by atoms with E-state index in [1.54, 1.807) is 39.0 Å². The van der Waals surface area contributed by atoms with Gasteiger partial charge in [0, 0.05) is 11.0 Å². The highest BCUT2D eigenvalue weighted by atomic mass is 28.3. The summed E-state index contributed by atoms with van der Waals surface area (Å²) in [5.74, 6) is 0. The van der Waals surface area contributed by atoms with Crippen molar-refractivity contribution in [3.8, 4) is 11.1 Å². The van der Waals surface area contributed by atoms with E-state index in [1.807, 2.05) is 20.8 Å². The third-order valence-corrected chi connectivity index (χ3v) is 14.0. The average molecular weight is 741 g/mol. The summed E-state index contributed by atoms with van der Waals surface area (Å²) in [7, 11) is -0.431. The van der Waals surface area contributed by atoms with E-state index in [0.29, 0.717) is 5.54 Å². The summed E-state index contributed by atoms with van der Waals surface area (Å²) in [6.45, 7) is 17.9. The molecule has 0 spiro atoms.